The molecular weight excluding hydrogens is 346 g/mol. The summed E-state index contributed by atoms with van der Waals surface area (Å²) in [5.41, 5.74) is 3.16. The van der Waals surface area contributed by atoms with Crippen LogP contribution in [-0.2, 0) is 4.79 Å². The Morgan fingerprint density at radius 2 is 1.81 bits per heavy atom. The zero-order valence-corrected chi connectivity index (χ0v) is 14.7. The molecule has 136 valence electrons. The van der Waals surface area contributed by atoms with E-state index in [4.69, 9.17) is 0 Å². The van der Waals surface area contributed by atoms with Crippen molar-refractivity contribution in [1.82, 2.24) is 10.3 Å². The monoisotopic (exact) mass is 364 g/mol. The first-order chi connectivity index (χ1) is 13.0. The van der Waals surface area contributed by atoms with Crippen LogP contribution >= 0.6 is 0 Å². The highest BCUT2D eigenvalue weighted by Gasteiger charge is 2.09. The molecule has 1 N–H and O–H groups in total. The number of hydrogen-bond acceptors (Lipinski definition) is 2. The second-order valence-electron chi connectivity index (χ2n) is 6.09. The largest absolute Gasteiger partial charge is 0.346 e. The Labute approximate surface area is 156 Å². The molecule has 0 radical (unpaired) electrons. The number of hydrogen-bond donors (Lipinski definition) is 1. The van der Waals surface area contributed by atoms with Crippen LogP contribution in [0.25, 0.3) is 17.2 Å². The van der Waals surface area contributed by atoms with Crippen molar-refractivity contribution in [3.05, 3.63) is 95.8 Å². The quantitative estimate of drug-likeness (QED) is 0.653. The van der Waals surface area contributed by atoms with Crippen LogP contribution in [0.4, 0.5) is 8.78 Å². The summed E-state index contributed by atoms with van der Waals surface area (Å²) >= 11 is 0. The Hall–Kier alpha value is -3.34. The predicted octanol–water partition coefficient (Wildman–Crippen LogP) is 4.92. The second-order valence-corrected chi connectivity index (χ2v) is 6.09. The van der Waals surface area contributed by atoms with Crippen molar-refractivity contribution in [1.29, 1.82) is 0 Å². The fraction of sp³-hybridized carbons (Fsp3) is 0.0909. The summed E-state index contributed by atoms with van der Waals surface area (Å²) in [7, 11) is 0. The van der Waals surface area contributed by atoms with Gasteiger partial charge in [-0.15, -0.1) is 0 Å². The van der Waals surface area contributed by atoms with Crippen molar-refractivity contribution >= 4 is 12.0 Å². The molecule has 0 fully saturated rings. The van der Waals surface area contributed by atoms with Crippen LogP contribution in [-0.4, -0.2) is 10.9 Å². The lowest BCUT2D eigenvalue weighted by molar-refractivity contribution is -0.117. The minimum atomic E-state index is -0.711. The van der Waals surface area contributed by atoms with Crippen LogP contribution in [0.1, 0.15) is 24.1 Å². The summed E-state index contributed by atoms with van der Waals surface area (Å²) in [5, 5.41) is 2.84. The number of nitrogens with zero attached hydrogens (tertiary/aromatic N) is 1. The average Bonchev–Trinajstić information content (AvgIpc) is 2.68. The fourth-order valence-electron chi connectivity index (χ4n) is 2.68. The first-order valence-corrected chi connectivity index (χ1v) is 8.47. The minimum absolute atomic E-state index is 0.152. The molecule has 3 rings (SSSR count). The maximum atomic E-state index is 13.6. The maximum absolute atomic E-state index is 13.6. The third-order valence-corrected chi connectivity index (χ3v) is 4.14. The van der Waals surface area contributed by atoms with E-state index in [1.165, 1.54) is 18.2 Å². The summed E-state index contributed by atoms with van der Waals surface area (Å²) < 4.78 is 26.5. The Morgan fingerprint density at radius 1 is 1.04 bits per heavy atom. The number of pyridine rings is 1. The lowest BCUT2D eigenvalue weighted by Crippen LogP contribution is -2.24. The molecule has 0 unspecified atom stereocenters. The molecule has 1 atom stereocenters. The Bertz CT molecular complexity index is 971. The Balaban J connectivity index is 1.69. The molecule has 1 heterocycles. The second kappa shape index (κ2) is 8.36. The van der Waals surface area contributed by atoms with Crippen molar-refractivity contribution in [2.75, 3.05) is 0 Å². The van der Waals surface area contributed by atoms with Gasteiger partial charge in [-0.3, -0.25) is 9.78 Å². The molecule has 0 aliphatic heterocycles. The van der Waals surface area contributed by atoms with Gasteiger partial charge < -0.3 is 5.32 Å². The van der Waals surface area contributed by atoms with Crippen LogP contribution in [0.15, 0.2) is 73.1 Å². The summed E-state index contributed by atoms with van der Waals surface area (Å²) in [4.78, 5) is 16.1. The van der Waals surface area contributed by atoms with E-state index in [1.54, 1.807) is 12.4 Å². The normalized spacial score (nSPS) is 12.1. The SMILES string of the molecule is C[C@H](NC(=O)/C=C/c1ccc(F)cc1F)c1cccc(-c2ccncc2)c1. The van der Waals surface area contributed by atoms with Gasteiger partial charge in [-0.25, -0.2) is 8.78 Å². The highest BCUT2D eigenvalue weighted by Crippen LogP contribution is 2.22. The van der Waals surface area contributed by atoms with E-state index in [-0.39, 0.29) is 17.5 Å². The number of benzene rings is 2. The van der Waals surface area contributed by atoms with Crippen molar-refractivity contribution in [2.45, 2.75) is 13.0 Å². The Morgan fingerprint density at radius 3 is 2.56 bits per heavy atom. The molecule has 3 nitrogen and oxygen atoms in total. The molecule has 27 heavy (non-hydrogen) atoms. The van der Waals surface area contributed by atoms with Gasteiger partial charge in [-0.1, -0.05) is 18.2 Å². The molecular formula is C22H18F2N2O. The van der Waals surface area contributed by atoms with Gasteiger partial charge in [0.05, 0.1) is 6.04 Å². The van der Waals surface area contributed by atoms with Gasteiger partial charge >= 0.3 is 0 Å². The number of halogens is 2. The van der Waals surface area contributed by atoms with Gasteiger partial charge in [-0.2, -0.15) is 0 Å². The number of amides is 1. The van der Waals surface area contributed by atoms with Crippen molar-refractivity contribution < 1.29 is 13.6 Å². The highest BCUT2D eigenvalue weighted by atomic mass is 19.1. The molecule has 0 aliphatic carbocycles. The molecule has 2 aromatic carbocycles. The van der Waals surface area contributed by atoms with Crippen molar-refractivity contribution in [3.8, 4) is 11.1 Å². The van der Waals surface area contributed by atoms with E-state index in [1.807, 2.05) is 43.3 Å². The summed E-state index contributed by atoms with van der Waals surface area (Å²) in [5.74, 6) is -1.73. The van der Waals surface area contributed by atoms with E-state index in [2.05, 4.69) is 10.3 Å². The lowest BCUT2D eigenvalue weighted by Gasteiger charge is -2.14. The molecule has 1 aromatic heterocycles. The number of rotatable bonds is 5. The average molecular weight is 364 g/mol. The van der Waals surface area contributed by atoms with Crippen molar-refractivity contribution in [3.63, 3.8) is 0 Å². The van der Waals surface area contributed by atoms with Gasteiger partial charge in [0.15, 0.2) is 0 Å². The number of carbonyl (C=O) groups excluding carboxylic acids is 1. The van der Waals surface area contributed by atoms with E-state index in [0.29, 0.717) is 0 Å². The van der Waals surface area contributed by atoms with E-state index in [0.717, 1.165) is 28.8 Å². The molecule has 3 aromatic rings. The third-order valence-electron chi connectivity index (χ3n) is 4.14. The summed E-state index contributed by atoms with van der Waals surface area (Å²) in [6.45, 7) is 1.87. The molecule has 0 bridgehead atoms. The van der Waals surface area contributed by atoms with Crippen LogP contribution in [0.3, 0.4) is 0 Å². The number of carbonyl (C=O) groups is 1. The first kappa shape index (κ1) is 18.5. The number of nitrogens with one attached hydrogen (secondary N) is 1. The zero-order chi connectivity index (χ0) is 19.2. The fourth-order valence-corrected chi connectivity index (χ4v) is 2.68. The first-order valence-electron chi connectivity index (χ1n) is 8.47. The summed E-state index contributed by atoms with van der Waals surface area (Å²) in [6.07, 6.45) is 6.02. The molecule has 0 aliphatic rings. The van der Waals surface area contributed by atoms with Crippen LogP contribution < -0.4 is 5.32 Å². The standard InChI is InChI=1S/C22H18F2N2O/c1-15(18-3-2-4-19(13-18)16-9-11-25-12-10-16)26-22(27)8-6-17-5-7-20(23)14-21(17)24/h2-15H,1H3,(H,26,27)/b8-6+/t15-/m0/s1. The molecule has 0 saturated heterocycles. The van der Waals surface area contributed by atoms with Gasteiger partial charge in [0, 0.05) is 30.1 Å². The van der Waals surface area contributed by atoms with E-state index in [9.17, 15) is 13.6 Å². The third kappa shape index (κ3) is 4.85. The summed E-state index contributed by atoms with van der Waals surface area (Å²) in [6, 6.07) is 14.7. The maximum Gasteiger partial charge on any atom is 0.244 e. The topological polar surface area (TPSA) is 42.0 Å². The van der Waals surface area contributed by atoms with Gasteiger partial charge in [0.2, 0.25) is 5.91 Å². The Kier molecular flexibility index (Phi) is 5.71. The van der Waals surface area contributed by atoms with Crippen molar-refractivity contribution in [2.24, 2.45) is 0 Å². The molecule has 0 saturated carbocycles. The van der Waals surface area contributed by atoms with Gasteiger partial charge in [0.1, 0.15) is 11.6 Å². The van der Waals surface area contributed by atoms with Crippen LogP contribution in [0, 0.1) is 11.6 Å². The smallest absolute Gasteiger partial charge is 0.244 e. The van der Waals surface area contributed by atoms with Crippen LogP contribution in [0.5, 0.6) is 0 Å². The van der Waals surface area contributed by atoms with Gasteiger partial charge in [-0.05, 0) is 60.0 Å². The lowest BCUT2D eigenvalue weighted by atomic mass is 10.0. The molecule has 1 amide bonds. The number of aromatic nitrogens is 1. The predicted molar refractivity (Wildman–Crippen MR) is 102 cm³/mol. The van der Waals surface area contributed by atoms with E-state index < -0.39 is 11.6 Å². The zero-order valence-electron chi connectivity index (χ0n) is 14.7. The minimum Gasteiger partial charge on any atom is -0.346 e. The highest BCUT2D eigenvalue weighted by molar-refractivity contribution is 5.92. The van der Waals surface area contributed by atoms with Crippen LogP contribution in [0.2, 0.25) is 0 Å². The molecule has 5 heteroatoms. The molecule has 0 spiro atoms. The van der Waals surface area contributed by atoms with E-state index >= 15 is 0 Å². The van der Waals surface area contributed by atoms with Gasteiger partial charge in [0.25, 0.3) is 0 Å².